The summed E-state index contributed by atoms with van der Waals surface area (Å²) in [5, 5.41) is 0.889. The van der Waals surface area contributed by atoms with E-state index in [1.165, 1.54) is 11.1 Å². The van der Waals surface area contributed by atoms with Crippen molar-refractivity contribution in [2.75, 3.05) is 0 Å². The molecule has 0 saturated carbocycles. The molecule has 0 radical (unpaired) electrons. The molecule has 1 aromatic rings. The topological polar surface area (TPSA) is 0 Å². The third-order valence-electron chi connectivity index (χ3n) is 1.78. The molecule has 0 aliphatic rings. The first-order valence-corrected chi connectivity index (χ1v) is 5.25. The van der Waals surface area contributed by atoms with E-state index in [0.29, 0.717) is 5.92 Å². The maximum absolute atomic E-state index is 6.02. The molecule has 74 valence electrons. The summed E-state index contributed by atoms with van der Waals surface area (Å²) in [5.74, 6) is 0.517. The highest BCUT2D eigenvalue weighted by Crippen LogP contribution is 2.24. The molecule has 0 aliphatic carbocycles. The number of hydrogen-bond acceptors (Lipinski definition) is 0. The predicted molar refractivity (Wildman–Crippen MR) is 61.6 cm³/mol. The van der Waals surface area contributed by atoms with Gasteiger partial charge in [-0.1, -0.05) is 51.4 Å². The maximum atomic E-state index is 6.02. The van der Waals surface area contributed by atoms with Gasteiger partial charge in [0.05, 0.1) is 0 Å². The Morgan fingerprint density at radius 1 is 1.15 bits per heavy atom. The Hall–Kier alpha value is -0.490. The number of halogens is 1. The van der Waals surface area contributed by atoms with E-state index in [4.69, 9.17) is 11.6 Å². The number of aryl methyl sites for hydroxylation is 1. The standard InChI is InChI=1S/C10H13Cl.C2H6/c1-7(2)9-5-4-8(3)6-10(9)11;1-2/h4-7H,1-3H3;1-2H3. The van der Waals surface area contributed by atoms with Crippen molar-refractivity contribution < 1.29 is 0 Å². The zero-order chi connectivity index (χ0) is 10.4. The van der Waals surface area contributed by atoms with Crippen LogP contribution in [0.15, 0.2) is 18.2 Å². The average Bonchev–Trinajstić information content (AvgIpc) is 2.07. The van der Waals surface area contributed by atoms with Crippen LogP contribution in [0.4, 0.5) is 0 Å². The van der Waals surface area contributed by atoms with Crippen LogP contribution in [0.5, 0.6) is 0 Å². The van der Waals surface area contributed by atoms with Gasteiger partial charge in [-0.15, -0.1) is 0 Å². The molecular weight excluding hydrogens is 180 g/mol. The molecule has 0 bridgehead atoms. The predicted octanol–water partition coefficient (Wildman–Crippen LogP) is 4.80. The molecule has 0 saturated heterocycles. The molecule has 13 heavy (non-hydrogen) atoms. The Bertz CT molecular complexity index is 251. The van der Waals surface area contributed by atoms with Crippen LogP contribution in [-0.4, -0.2) is 0 Å². The molecule has 0 aromatic heterocycles. The van der Waals surface area contributed by atoms with E-state index in [9.17, 15) is 0 Å². The summed E-state index contributed by atoms with van der Waals surface area (Å²) in [6, 6.07) is 6.21. The third kappa shape index (κ3) is 3.82. The largest absolute Gasteiger partial charge is 0.0840 e. The van der Waals surface area contributed by atoms with E-state index in [-0.39, 0.29) is 0 Å². The van der Waals surface area contributed by atoms with Gasteiger partial charge in [0.1, 0.15) is 0 Å². The van der Waals surface area contributed by atoms with E-state index in [1.807, 2.05) is 19.9 Å². The minimum absolute atomic E-state index is 0.517. The minimum Gasteiger partial charge on any atom is -0.0840 e. The van der Waals surface area contributed by atoms with E-state index >= 15 is 0 Å². The lowest BCUT2D eigenvalue weighted by molar-refractivity contribution is 0.866. The molecule has 1 aromatic carbocycles. The van der Waals surface area contributed by atoms with E-state index in [1.54, 1.807) is 0 Å². The Balaban J connectivity index is 0.000000671. The molecule has 0 fully saturated rings. The third-order valence-corrected chi connectivity index (χ3v) is 2.11. The molecule has 0 unspecified atom stereocenters. The quantitative estimate of drug-likeness (QED) is 0.608. The van der Waals surface area contributed by atoms with Crippen molar-refractivity contribution in [3.63, 3.8) is 0 Å². The second-order valence-electron chi connectivity index (χ2n) is 3.18. The molecule has 0 spiro atoms. The van der Waals surface area contributed by atoms with Gasteiger partial charge in [-0.3, -0.25) is 0 Å². The molecule has 0 aliphatic heterocycles. The highest BCUT2D eigenvalue weighted by atomic mass is 35.5. The van der Waals surface area contributed by atoms with Gasteiger partial charge in [0, 0.05) is 5.02 Å². The first-order chi connectivity index (χ1) is 6.11. The second-order valence-corrected chi connectivity index (χ2v) is 3.59. The van der Waals surface area contributed by atoms with Gasteiger partial charge >= 0.3 is 0 Å². The molecule has 1 rings (SSSR count). The van der Waals surface area contributed by atoms with Crippen molar-refractivity contribution in [2.45, 2.75) is 40.5 Å². The Morgan fingerprint density at radius 2 is 1.69 bits per heavy atom. The van der Waals surface area contributed by atoms with Crippen LogP contribution < -0.4 is 0 Å². The van der Waals surface area contributed by atoms with Crippen molar-refractivity contribution >= 4 is 11.6 Å². The Labute approximate surface area is 86.9 Å². The van der Waals surface area contributed by atoms with Gasteiger partial charge in [-0.25, -0.2) is 0 Å². The lowest BCUT2D eigenvalue weighted by Gasteiger charge is -2.07. The van der Waals surface area contributed by atoms with E-state index in [2.05, 4.69) is 32.9 Å². The van der Waals surface area contributed by atoms with E-state index < -0.39 is 0 Å². The van der Waals surface area contributed by atoms with Gasteiger partial charge in [0.15, 0.2) is 0 Å². The fraction of sp³-hybridized carbons (Fsp3) is 0.500. The smallest absolute Gasteiger partial charge is 0.0443 e. The van der Waals surface area contributed by atoms with Crippen LogP contribution >= 0.6 is 11.6 Å². The monoisotopic (exact) mass is 198 g/mol. The number of benzene rings is 1. The Morgan fingerprint density at radius 3 is 2.08 bits per heavy atom. The highest BCUT2D eigenvalue weighted by molar-refractivity contribution is 6.31. The van der Waals surface area contributed by atoms with E-state index in [0.717, 1.165) is 5.02 Å². The first-order valence-electron chi connectivity index (χ1n) is 4.87. The molecule has 0 atom stereocenters. The van der Waals surface area contributed by atoms with Gasteiger partial charge in [-0.05, 0) is 30.0 Å². The zero-order valence-corrected chi connectivity index (χ0v) is 9.94. The molecule has 1 heteroatoms. The van der Waals surface area contributed by atoms with Gasteiger partial charge in [-0.2, -0.15) is 0 Å². The lowest BCUT2D eigenvalue weighted by Crippen LogP contribution is -1.88. The van der Waals surface area contributed by atoms with Crippen LogP contribution in [0.1, 0.15) is 44.7 Å². The fourth-order valence-electron chi connectivity index (χ4n) is 1.10. The first kappa shape index (κ1) is 12.5. The van der Waals surface area contributed by atoms with Crippen molar-refractivity contribution in [3.05, 3.63) is 34.3 Å². The average molecular weight is 199 g/mol. The molecular formula is C12H19Cl. The minimum atomic E-state index is 0.517. The summed E-state index contributed by atoms with van der Waals surface area (Å²) in [4.78, 5) is 0. The maximum Gasteiger partial charge on any atom is 0.0443 e. The molecule has 0 N–H and O–H groups in total. The summed E-state index contributed by atoms with van der Waals surface area (Å²) >= 11 is 6.02. The van der Waals surface area contributed by atoms with Crippen LogP contribution in [0.25, 0.3) is 0 Å². The van der Waals surface area contributed by atoms with Crippen molar-refractivity contribution in [2.24, 2.45) is 0 Å². The number of rotatable bonds is 1. The summed E-state index contributed by atoms with van der Waals surface area (Å²) in [7, 11) is 0. The molecule has 0 amide bonds. The summed E-state index contributed by atoms with van der Waals surface area (Å²) in [6.45, 7) is 10.4. The van der Waals surface area contributed by atoms with Crippen LogP contribution in [-0.2, 0) is 0 Å². The van der Waals surface area contributed by atoms with Gasteiger partial charge < -0.3 is 0 Å². The van der Waals surface area contributed by atoms with Crippen molar-refractivity contribution in [1.29, 1.82) is 0 Å². The highest BCUT2D eigenvalue weighted by Gasteiger charge is 2.03. The Kier molecular flexibility index (Phi) is 5.81. The normalized spacial score (nSPS) is 9.46. The van der Waals surface area contributed by atoms with Gasteiger partial charge in [0.2, 0.25) is 0 Å². The van der Waals surface area contributed by atoms with Crippen LogP contribution in [0, 0.1) is 6.92 Å². The lowest BCUT2D eigenvalue weighted by atomic mass is 10.0. The summed E-state index contributed by atoms with van der Waals surface area (Å²) < 4.78 is 0. The summed E-state index contributed by atoms with van der Waals surface area (Å²) in [6.07, 6.45) is 0. The molecule has 0 nitrogen and oxygen atoms in total. The fourth-order valence-corrected chi connectivity index (χ4v) is 1.55. The van der Waals surface area contributed by atoms with Gasteiger partial charge in [0.25, 0.3) is 0 Å². The van der Waals surface area contributed by atoms with Crippen LogP contribution in [0.3, 0.4) is 0 Å². The second kappa shape index (κ2) is 6.04. The molecule has 0 heterocycles. The van der Waals surface area contributed by atoms with Crippen molar-refractivity contribution in [1.82, 2.24) is 0 Å². The van der Waals surface area contributed by atoms with Crippen LogP contribution in [0.2, 0.25) is 5.02 Å². The number of hydrogen-bond donors (Lipinski definition) is 0. The zero-order valence-electron chi connectivity index (χ0n) is 9.19. The SMILES string of the molecule is CC.Cc1ccc(C(C)C)c(Cl)c1. The van der Waals surface area contributed by atoms with Crippen molar-refractivity contribution in [3.8, 4) is 0 Å². The summed E-state index contributed by atoms with van der Waals surface area (Å²) in [5.41, 5.74) is 2.46.